The molecule has 4 N–H and O–H groups in total. The molecule has 72 heavy (non-hydrogen) atoms. The van der Waals surface area contributed by atoms with Gasteiger partial charge in [0, 0.05) is 52.9 Å². The number of aromatic nitrogens is 4. The second kappa shape index (κ2) is 20.7. The number of hydrogen-bond acceptors (Lipinski definition) is 12. The van der Waals surface area contributed by atoms with Crippen molar-refractivity contribution in [1.82, 2.24) is 40.6 Å². The number of thiazole rings is 1. The van der Waals surface area contributed by atoms with Crippen LogP contribution >= 0.6 is 34.3 Å². The Hall–Kier alpha value is -6.27. The van der Waals surface area contributed by atoms with Crippen molar-refractivity contribution in [2.24, 2.45) is 10.4 Å². The molecule has 3 aromatic heterocycles. The van der Waals surface area contributed by atoms with Crippen LogP contribution < -0.4 is 20.7 Å². The second-order valence-electron chi connectivity index (χ2n) is 20.3. The third-order valence-electron chi connectivity index (χ3n) is 13.8. The molecular formula is C54H60ClN9O6S2. The fraction of sp³-hybridized carbons (Fsp3) is 0.407. The summed E-state index contributed by atoms with van der Waals surface area (Å²) in [5.41, 5.74) is 8.50. The first-order valence-electron chi connectivity index (χ1n) is 24.3. The van der Waals surface area contributed by atoms with Gasteiger partial charge in [-0.1, -0.05) is 80.9 Å². The first-order valence-corrected chi connectivity index (χ1v) is 26.4. The summed E-state index contributed by atoms with van der Waals surface area (Å²) in [7, 11) is 0. The molecule has 4 amide bonds. The van der Waals surface area contributed by atoms with Crippen LogP contribution in [-0.4, -0.2) is 96.0 Å². The Labute approximate surface area is 432 Å². The van der Waals surface area contributed by atoms with Crippen molar-refractivity contribution in [2.75, 3.05) is 6.54 Å². The summed E-state index contributed by atoms with van der Waals surface area (Å²) in [4.78, 5) is 68.8. The molecule has 6 aromatic rings. The summed E-state index contributed by atoms with van der Waals surface area (Å²) < 4.78 is 8.36. The largest absolute Gasteiger partial charge is 0.490 e. The third-order valence-corrected chi connectivity index (χ3v) is 16.2. The molecular weight excluding hydrogens is 970 g/mol. The van der Waals surface area contributed by atoms with E-state index in [0.717, 1.165) is 54.9 Å². The van der Waals surface area contributed by atoms with Gasteiger partial charge in [0.05, 0.1) is 46.8 Å². The summed E-state index contributed by atoms with van der Waals surface area (Å²) >= 11 is 9.51. The molecule has 0 spiro atoms. The zero-order valence-electron chi connectivity index (χ0n) is 41.7. The summed E-state index contributed by atoms with van der Waals surface area (Å²) in [5, 5.41) is 30.5. The lowest BCUT2D eigenvalue weighted by Gasteiger charge is -2.36. The Balaban J connectivity index is 0.787. The number of halogens is 1. The number of hydrogen-bond donors (Lipinski definition) is 4. The van der Waals surface area contributed by atoms with Crippen LogP contribution in [0.1, 0.15) is 115 Å². The molecule has 3 aliphatic rings. The zero-order valence-corrected chi connectivity index (χ0v) is 44.0. The Morgan fingerprint density at radius 2 is 1.64 bits per heavy atom. The van der Waals surface area contributed by atoms with E-state index in [-0.39, 0.29) is 61.7 Å². The van der Waals surface area contributed by atoms with Crippen LogP contribution in [0.4, 0.5) is 0 Å². The predicted molar refractivity (Wildman–Crippen MR) is 280 cm³/mol. The summed E-state index contributed by atoms with van der Waals surface area (Å²) in [5.74, 6) is 0.606. The van der Waals surface area contributed by atoms with Crippen LogP contribution in [0, 0.1) is 33.1 Å². The van der Waals surface area contributed by atoms with Crippen molar-refractivity contribution >= 4 is 63.6 Å². The summed E-state index contributed by atoms with van der Waals surface area (Å²) in [6.07, 6.45) is 0.311. The van der Waals surface area contributed by atoms with E-state index in [0.29, 0.717) is 35.0 Å². The highest BCUT2D eigenvalue weighted by Gasteiger charge is 2.45. The molecule has 2 aliphatic heterocycles. The number of aliphatic imine (C=N–C) groups is 1. The van der Waals surface area contributed by atoms with E-state index in [1.54, 1.807) is 22.7 Å². The van der Waals surface area contributed by atoms with Crippen LogP contribution in [0.5, 0.6) is 5.75 Å². The van der Waals surface area contributed by atoms with E-state index < -0.39 is 35.6 Å². The standard InChI is InChI=1S/C54H60ClN9O6S2/c1-28-31(4)72-53-46(28)47(35-16-18-37(55)19-17-35)59-42(50-62-61-32(5)64(50)53)25-45(67)58-38-22-41(23-38)70-40-11-9-10-33(20-40)21-44(66)60-49(54(6,7)8)52(69)63-26-39(65)24-43(63)51(68)57-29(2)34-12-14-36(15-13-34)48-30(3)56-27-71-48/h9-20,27,29,38-39,41-43,49,65H,21-26H2,1-8H3,(H,57,68)(H,58,67)(H,60,66)/t29-,38-,39+,41+,42-,43?,49+/m0/s1. The maximum absolute atomic E-state index is 14.3. The number of nitrogens with one attached hydrogen (secondary N) is 3. The van der Waals surface area contributed by atoms with Crippen molar-refractivity contribution < 1.29 is 29.0 Å². The van der Waals surface area contributed by atoms with Gasteiger partial charge in [-0.3, -0.25) is 28.7 Å². The number of ether oxygens (including phenoxy) is 1. The molecule has 1 aliphatic carbocycles. The fourth-order valence-electron chi connectivity index (χ4n) is 9.71. The van der Waals surface area contributed by atoms with Crippen LogP contribution in [0.15, 0.2) is 83.3 Å². The fourth-order valence-corrected chi connectivity index (χ4v) is 11.9. The maximum atomic E-state index is 14.3. The number of carbonyl (C=O) groups is 4. The molecule has 15 nitrogen and oxygen atoms in total. The van der Waals surface area contributed by atoms with Crippen LogP contribution in [0.25, 0.3) is 15.4 Å². The topological polar surface area (TPSA) is 193 Å². The van der Waals surface area contributed by atoms with E-state index in [1.807, 2.05) is 124 Å². The van der Waals surface area contributed by atoms with Gasteiger partial charge in [0.1, 0.15) is 40.8 Å². The highest BCUT2D eigenvalue weighted by atomic mass is 35.5. The average Bonchev–Trinajstić information content (AvgIpc) is 4.09. The van der Waals surface area contributed by atoms with Gasteiger partial charge >= 0.3 is 0 Å². The Kier molecular flexibility index (Phi) is 14.6. The molecule has 3 aromatic carbocycles. The molecule has 376 valence electrons. The number of carbonyl (C=O) groups excluding carboxylic acids is 4. The number of likely N-dealkylation sites (tertiary alicyclic amines) is 1. The Morgan fingerprint density at radius 1 is 0.917 bits per heavy atom. The van der Waals surface area contributed by atoms with Gasteiger partial charge in [0.2, 0.25) is 23.6 Å². The second-order valence-corrected chi connectivity index (χ2v) is 22.8. The van der Waals surface area contributed by atoms with E-state index >= 15 is 0 Å². The number of amides is 4. The molecule has 5 heterocycles. The predicted octanol–water partition coefficient (Wildman–Crippen LogP) is 8.26. The smallest absolute Gasteiger partial charge is 0.246 e. The van der Waals surface area contributed by atoms with Crippen molar-refractivity contribution in [3.8, 4) is 21.2 Å². The highest BCUT2D eigenvalue weighted by Crippen LogP contribution is 2.40. The van der Waals surface area contributed by atoms with Crippen molar-refractivity contribution in [3.63, 3.8) is 0 Å². The summed E-state index contributed by atoms with van der Waals surface area (Å²) in [6, 6.07) is 19.9. The van der Waals surface area contributed by atoms with Crippen LogP contribution in [0.3, 0.4) is 0 Å². The van der Waals surface area contributed by atoms with Gasteiger partial charge in [-0.2, -0.15) is 0 Å². The number of fused-ring (bicyclic) bond motifs is 3. The molecule has 1 saturated heterocycles. The molecule has 0 bridgehead atoms. The first-order chi connectivity index (χ1) is 34.3. The number of thiophene rings is 1. The quantitative estimate of drug-likeness (QED) is 0.0832. The van der Waals surface area contributed by atoms with Gasteiger partial charge in [-0.15, -0.1) is 32.9 Å². The average molecular weight is 1030 g/mol. The van der Waals surface area contributed by atoms with Crippen LogP contribution in [-0.2, 0) is 25.6 Å². The van der Waals surface area contributed by atoms with E-state index in [4.69, 9.17) is 21.3 Å². The lowest BCUT2D eigenvalue weighted by molar-refractivity contribution is -0.144. The minimum absolute atomic E-state index is 0.0187. The first kappa shape index (κ1) is 50.7. The molecule has 1 saturated carbocycles. The molecule has 2 fully saturated rings. The van der Waals surface area contributed by atoms with Gasteiger partial charge in [-0.05, 0) is 86.6 Å². The minimum Gasteiger partial charge on any atom is -0.490 e. The van der Waals surface area contributed by atoms with E-state index in [9.17, 15) is 24.3 Å². The number of aliphatic hydroxyl groups excluding tert-OH is 1. The van der Waals surface area contributed by atoms with Crippen LogP contribution in [0.2, 0.25) is 5.02 Å². The third kappa shape index (κ3) is 10.8. The number of nitrogens with zero attached hydrogens (tertiary/aromatic N) is 6. The number of aliphatic hydroxyl groups is 1. The van der Waals surface area contributed by atoms with Gasteiger partial charge in [0.15, 0.2) is 5.82 Å². The monoisotopic (exact) mass is 1030 g/mol. The number of benzene rings is 3. The lowest BCUT2D eigenvalue weighted by atomic mass is 9.85. The number of aryl methyl sites for hydroxylation is 3. The lowest BCUT2D eigenvalue weighted by Crippen LogP contribution is -2.58. The van der Waals surface area contributed by atoms with Crippen molar-refractivity contribution in [3.05, 3.63) is 133 Å². The van der Waals surface area contributed by atoms with Gasteiger partial charge in [-0.25, -0.2) is 4.98 Å². The molecule has 1 unspecified atom stereocenters. The van der Waals surface area contributed by atoms with E-state index in [2.05, 4.69) is 45.0 Å². The molecule has 9 rings (SSSR count). The Bertz CT molecular complexity index is 3040. The number of rotatable bonds is 14. The summed E-state index contributed by atoms with van der Waals surface area (Å²) in [6.45, 7) is 15.5. The maximum Gasteiger partial charge on any atom is 0.246 e. The SMILES string of the molecule is Cc1ncsc1-c1ccc([C@H](C)NC(=O)C2C[C@@H](O)CN2C(=O)[C@@H](NC(=O)Cc2cccc(O[C@H]3C[C@@H](NC(=O)C[C@@H]4N=C(c5ccc(Cl)cc5)c5c(sc(C)c5C)-n5c(C)nnc54)C3)c2)C(C)(C)C)cc1. The molecule has 5 atom stereocenters. The zero-order chi connectivity index (χ0) is 51.2. The molecule has 18 heteroatoms. The Morgan fingerprint density at radius 3 is 2.33 bits per heavy atom. The highest BCUT2D eigenvalue weighted by molar-refractivity contribution is 7.15. The minimum atomic E-state index is -0.975. The normalized spacial score (nSPS) is 20.3. The molecule has 0 radical (unpaired) electrons. The van der Waals surface area contributed by atoms with Crippen molar-refractivity contribution in [1.29, 1.82) is 0 Å². The number of β-amino-alcohol motifs (C(OH)–C–C–N with tert-alkyl or cyclic N) is 1. The van der Waals surface area contributed by atoms with Crippen molar-refractivity contribution in [2.45, 2.75) is 130 Å². The van der Waals surface area contributed by atoms with Gasteiger partial charge in [0.25, 0.3) is 0 Å². The van der Waals surface area contributed by atoms with E-state index in [1.165, 1.54) is 9.78 Å². The van der Waals surface area contributed by atoms with Gasteiger partial charge < -0.3 is 30.7 Å².